The monoisotopic (exact) mass is 455 g/mol. The molecule has 1 N–H and O–H groups in total. The number of benzene rings is 1. The maximum atomic E-state index is 12.4. The number of aryl methyl sites for hydroxylation is 2. The molecule has 11 heteroatoms. The predicted molar refractivity (Wildman–Crippen MR) is 120 cm³/mol. The molecular formula is C22H25N5O6. The van der Waals surface area contributed by atoms with Crippen LogP contribution in [0.15, 0.2) is 40.2 Å². The molecule has 0 radical (unpaired) electrons. The fourth-order valence-electron chi connectivity index (χ4n) is 3.33. The number of aromatic nitrogens is 4. The van der Waals surface area contributed by atoms with Crippen molar-refractivity contribution in [1.82, 2.24) is 18.7 Å². The minimum Gasteiger partial charge on any atom is -0.453 e. The lowest BCUT2D eigenvalue weighted by molar-refractivity contribution is -0.153. The lowest BCUT2D eigenvalue weighted by Gasteiger charge is -2.14. The highest BCUT2D eigenvalue weighted by molar-refractivity contribution is 5.98. The Morgan fingerprint density at radius 2 is 1.88 bits per heavy atom. The van der Waals surface area contributed by atoms with Crippen molar-refractivity contribution in [1.29, 1.82) is 0 Å². The first-order valence-electron chi connectivity index (χ1n) is 10.3. The van der Waals surface area contributed by atoms with Crippen LogP contribution >= 0.6 is 0 Å². The third-order valence-electron chi connectivity index (χ3n) is 5.21. The van der Waals surface area contributed by atoms with Gasteiger partial charge in [0, 0.05) is 38.3 Å². The van der Waals surface area contributed by atoms with Crippen LogP contribution in [0.25, 0.3) is 11.2 Å². The average molecular weight is 455 g/mol. The van der Waals surface area contributed by atoms with Crippen LogP contribution in [-0.4, -0.2) is 42.4 Å². The van der Waals surface area contributed by atoms with Crippen molar-refractivity contribution >= 4 is 34.5 Å². The summed E-state index contributed by atoms with van der Waals surface area (Å²) in [6, 6.07) is 6.47. The molecule has 0 saturated heterocycles. The van der Waals surface area contributed by atoms with E-state index in [1.54, 1.807) is 28.8 Å². The van der Waals surface area contributed by atoms with Gasteiger partial charge in [-0.2, -0.15) is 0 Å². The van der Waals surface area contributed by atoms with Crippen molar-refractivity contribution in [3.63, 3.8) is 0 Å². The zero-order chi connectivity index (χ0) is 24.3. The molecular weight excluding hydrogens is 430 g/mol. The molecule has 0 aliphatic rings. The summed E-state index contributed by atoms with van der Waals surface area (Å²) >= 11 is 0. The molecule has 1 unspecified atom stereocenters. The number of nitrogens with zero attached hydrogens (tertiary/aromatic N) is 4. The molecule has 2 aromatic heterocycles. The first-order chi connectivity index (χ1) is 15.6. The Balaban J connectivity index is 1.56. The highest BCUT2D eigenvalue weighted by atomic mass is 16.5. The predicted octanol–water partition coefficient (Wildman–Crippen LogP) is 0.987. The van der Waals surface area contributed by atoms with E-state index < -0.39 is 29.2 Å². The van der Waals surface area contributed by atoms with E-state index in [1.165, 1.54) is 38.8 Å². The normalized spacial score (nSPS) is 11.9. The van der Waals surface area contributed by atoms with E-state index in [2.05, 4.69) is 10.3 Å². The van der Waals surface area contributed by atoms with Crippen LogP contribution in [0.1, 0.15) is 37.0 Å². The molecule has 1 amide bonds. The van der Waals surface area contributed by atoms with E-state index in [4.69, 9.17) is 4.74 Å². The van der Waals surface area contributed by atoms with E-state index >= 15 is 0 Å². The van der Waals surface area contributed by atoms with E-state index in [0.717, 1.165) is 4.57 Å². The van der Waals surface area contributed by atoms with Crippen LogP contribution < -0.4 is 16.6 Å². The smallest absolute Gasteiger partial charge is 0.332 e. The third kappa shape index (κ3) is 5.08. The number of ether oxygens (including phenoxy) is 1. The molecule has 3 rings (SSSR count). The number of carbonyl (C=O) groups is 3. The number of hydrogen-bond acceptors (Lipinski definition) is 7. The van der Waals surface area contributed by atoms with E-state index in [1.807, 2.05) is 0 Å². The van der Waals surface area contributed by atoms with Gasteiger partial charge in [-0.15, -0.1) is 0 Å². The Kier molecular flexibility index (Phi) is 6.90. The number of nitrogens with one attached hydrogen (secondary N) is 1. The molecule has 1 aromatic carbocycles. The van der Waals surface area contributed by atoms with Gasteiger partial charge in [0.15, 0.2) is 23.1 Å². The molecule has 1 atom stereocenters. The quantitative estimate of drug-likeness (QED) is 0.395. The topological polar surface area (TPSA) is 134 Å². The van der Waals surface area contributed by atoms with Crippen molar-refractivity contribution < 1.29 is 19.1 Å². The van der Waals surface area contributed by atoms with E-state index in [0.29, 0.717) is 24.2 Å². The maximum absolute atomic E-state index is 12.4. The van der Waals surface area contributed by atoms with Crippen molar-refractivity contribution in [2.75, 3.05) is 5.32 Å². The van der Waals surface area contributed by atoms with Gasteiger partial charge < -0.3 is 14.6 Å². The van der Waals surface area contributed by atoms with Gasteiger partial charge in [0.2, 0.25) is 0 Å². The molecule has 33 heavy (non-hydrogen) atoms. The summed E-state index contributed by atoms with van der Waals surface area (Å²) in [6.07, 6.45) is 0.769. The molecule has 0 spiro atoms. The number of Topliss-reactive ketones (excluding diaryl/α,β-unsaturated/α-hetero) is 1. The maximum Gasteiger partial charge on any atom is 0.332 e. The molecule has 0 bridgehead atoms. The molecule has 0 saturated carbocycles. The van der Waals surface area contributed by atoms with Gasteiger partial charge in [0.05, 0.1) is 6.33 Å². The van der Waals surface area contributed by atoms with Crippen LogP contribution in [0, 0.1) is 0 Å². The Morgan fingerprint density at radius 1 is 1.15 bits per heavy atom. The van der Waals surface area contributed by atoms with E-state index in [-0.39, 0.29) is 23.4 Å². The molecule has 0 fully saturated rings. The first-order valence-corrected chi connectivity index (χ1v) is 10.3. The Labute approximate surface area is 188 Å². The standard InChI is InChI=1S/C22H25N5O6/c1-13(28)15-7-5-8-16(11-15)24-20(30)14(2)33-17(29)9-6-10-27-12-23-19-18(27)21(31)26(4)22(32)25(19)3/h5,7-8,11-12,14H,6,9-10H2,1-4H3,(H,24,30). The minimum absolute atomic E-state index is 0.0171. The number of esters is 1. The summed E-state index contributed by atoms with van der Waals surface area (Å²) in [4.78, 5) is 64.5. The zero-order valence-electron chi connectivity index (χ0n) is 18.8. The second-order valence-electron chi connectivity index (χ2n) is 7.68. The largest absolute Gasteiger partial charge is 0.453 e. The van der Waals surface area contributed by atoms with Gasteiger partial charge >= 0.3 is 11.7 Å². The van der Waals surface area contributed by atoms with Crippen molar-refractivity contribution in [3.8, 4) is 0 Å². The molecule has 3 aromatic rings. The summed E-state index contributed by atoms with van der Waals surface area (Å²) in [7, 11) is 2.92. The molecule has 11 nitrogen and oxygen atoms in total. The number of anilines is 1. The van der Waals surface area contributed by atoms with Crippen LogP contribution in [0.5, 0.6) is 0 Å². The lowest BCUT2D eigenvalue weighted by atomic mass is 10.1. The molecule has 0 aliphatic heterocycles. The van der Waals surface area contributed by atoms with Crippen LogP contribution in [0.3, 0.4) is 0 Å². The van der Waals surface area contributed by atoms with Gasteiger partial charge in [-0.25, -0.2) is 9.78 Å². The number of fused-ring (bicyclic) bond motifs is 1. The summed E-state index contributed by atoms with van der Waals surface area (Å²) in [5.41, 5.74) is 0.491. The summed E-state index contributed by atoms with van der Waals surface area (Å²) in [6.45, 7) is 3.18. The van der Waals surface area contributed by atoms with Gasteiger partial charge in [0.1, 0.15) is 0 Å². The number of rotatable bonds is 8. The lowest BCUT2D eigenvalue weighted by Crippen LogP contribution is -2.37. The SMILES string of the molecule is CC(=O)c1cccc(NC(=O)C(C)OC(=O)CCCn2cnc3c2c(=O)n(C)c(=O)n3C)c1. The number of ketones is 1. The first kappa shape index (κ1) is 23.6. The number of carbonyl (C=O) groups excluding carboxylic acids is 3. The van der Waals surface area contributed by atoms with Crippen molar-refractivity contribution in [2.45, 2.75) is 39.3 Å². The summed E-state index contributed by atoms with van der Waals surface area (Å²) in [5.74, 6) is -1.22. The average Bonchev–Trinajstić information content (AvgIpc) is 3.20. The van der Waals surface area contributed by atoms with Crippen LogP contribution in [0.2, 0.25) is 0 Å². The molecule has 174 valence electrons. The Hall–Kier alpha value is -4.02. The van der Waals surface area contributed by atoms with Crippen molar-refractivity contribution in [2.24, 2.45) is 14.1 Å². The van der Waals surface area contributed by atoms with E-state index in [9.17, 15) is 24.0 Å². The van der Waals surface area contributed by atoms with Gasteiger partial charge in [-0.05, 0) is 32.4 Å². The molecule has 0 aliphatic carbocycles. The highest BCUT2D eigenvalue weighted by Crippen LogP contribution is 2.13. The van der Waals surface area contributed by atoms with Gasteiger partial charge in [-0.1, -0.05) is 12.1 Å². The summed E-state index contributed by atoms with van der Waals surface area (Å²) in [5, 5.41) is 2.62. The zero-order valence-corrected chi connectivity index (χ0v) is 18.8. The molecule has 2 heterocycles. The number of hydrogen-bond donors (Lipinski definition) is 1. The van der Waals surface area contributed by atoms with Crippen LogP contribution in [0.4, 0.5) is 5.69 Å². The van der Waals surface area contributed by atoms with Crippen molar-refractivity contribution in [3.05, 3.63) is 57.0 Å². The number of amides is 1. The van der Waals surface area contributed by atoms with Crippen LogP contribution in [-0.2, 0) is 35.0 Å². The Bertz CT molecular complexity index is 1350. The van der Waals surface area contributed by atoms with Gasteiger partial charge in [-0.3, -0.25) is 28.3 Å². The number of imidazole rings is 1. The second kappa shape index (κ2) is 9.63. The fourth-order valence-corrected chi connectivity index (χ4v) is 3.33. The highest BCUT2D eigenvalue weighted by Gasteiger charge is 2.19. The second-order valence-corrected chi connectivity index (χ2v) is 7.68. The summed E-state index contributed by atoms with van der Waals surface area (Å²) < 4.78 is 9.07. The Morgan fingerprint density at radius 3 is 2.58 bits per heavy atom. The fraction of sp³-hybridized carbons (Fsp3) is 0.364. The minimum atomic E-state index is -1.03. The third-order valence-corrected chi connectivity index (χ3v) is 5.21. The van der Waals surface area contributed by atoms with Gasteiger partial charge in [0.25, 0.3) is 11.5 Å².